The number of aromatic hydroxyl groups is 2. The lowest BCUT2D eigenvalue weighted by Gasteiger charge is -2.49. The van der Waals surface area contributed by atoms with Crippen molar-refractivity contribution >= 4 is 81.2 Å². The number of carbonyl (C=O) groups is 5. The van der Waals surface area contributed by atoms with E-state index >= 15 is 0 Å². The minimum atomic E-state index is -1.51. The number of oxime groups is 1. The number of nitrogens with one attached hydrogen (secondary N) is 1. The Morgan fingerprint density at radius 2 is 1.90 bits per heavy atom. The molecular weight excluding hydrogens is 735 g/mol. The highest BCUT2D eigenvalue weighted by Gasteiger charge is 2.54. The quantitative estimate of drug-likeness (QED) is 0.0242. The van der Waals surface area contributed by atoms with Crippen LogP contribution in [0.2, 0.25) is 0 Å². The van der Waals surface area contributed by atoms with Crippen LogP contribution in [-0.2, 0) is 37.0 Å². The standard InChI is InChI=1S/C28H23N9O11S3/c29-27-33-14(8-51-27)18(35-48-5-10-1-13(25(44)45)21(41)15(38)2-10)22(42)34-19-23(43)36-20(26(46)47)11(7-50-24(19)36)6-49-16-3-12(4-17(39)40)32-28-30-9-31-37(16)28/h1-3,8-9,19,24,38,41H,4-7H2,(H2,29,33)(H,34,42)(H,39,40)(H,44,45)(H,46,47)/t19-,24-/m1/s1. The van der Waals surface area contributed by atoms with Gasteiger partial charge in [0.25, 0.3) is 17.6 Å². The van der Waals surface area contributed by atoms with E-state index in [-0.39, 0.29) is 51.5 Å². The number of hydrogen-bond donors (Lipinski definition) is 7. The Bertz CT molecular complexity index is 2180. The summed E-state index contributed by atoms with van der Waals surface area (Å²) in [6, 6.07) is 2.44. The molecule has 0 spiro atoms. The van der Waals surface area contributed by atoms with Crippen molar-refractivity contribution in [2.45, 2.75) is 29.5 Å². The lowest BCUT2D eigenvalue weighted by atomic mass is 10.0. The van der Waals surface area contributed by atoms with Crippen LogP contribution in [0.5, 0.6) is 11.5 Å². The Morgan fingerprint density at radius 1 is 1.12 bits per heavy atom. The van der Waals surface area contributed by atoms with E-state index in [9.17, 15) is 49.5 Å². The Hall–Kier alpha value is -5.94. The molecule has 0 bridgehead atoms. The third-order valence-corrected chi connectivity index (χ3v) is 10.4. The molecule has 23 heteroatoms. The minimum absolute atomic E-state index is 0.00995. The van der Waals surface area contributed by atoms with Gasteiger partial charge in [-0.05, 0) is 29.3 Å². The van der Waals surface area contributed by atoms with Crippen LogP contribution >= 0.6 is 34.9 Å². The molecule has 1 fully saturated rings. The molecule has 0 saturated carbocycles. The molecule has 2 amide bonds. The summed E-state index contributed by atoms with van der Waals surface area (Å²) in [4.78, 5) is 80.5. The average Bonchev–Trinajstić information content (AvgIpc) is 3.73. The van der Waals surface area contributed by atoms with E-state index < -0.39 is 70.5 Å². The number of phenolic OH excluding ortho intramolecular Hbond substituents is 1. The van der Waals surface area contributed by atoms with Gasteiger partial charge in [0.05, 0.1) is 12.1 Å². The lowest BCUT2D eigenvalue weighted by Crippen LogP contribution is -2.71. The van der Waals surface area contributed by atoms with E-state index in [1.807, 2.05) is 0 Å². The van der Waals surface area contributed by atoms with Gasteiger partial charge in [0.15, 0.2) is 22.3 Å². The number of nitrogen functional groups attached to an aromatic ring is 1. The fourth-order valence-corrected chi connectivity index (χ4v) is 8.10. The zero-order chi connectivity index (χ0) is 36.6. The third kappa shape index (κ3) is 7.06. The number of carbonyl (C=O) groups excluding carboxylic acids is 2. The molecule has 2 aliphatic heterocycles. The normalized spacial score (nSPS) is 17.2. The van der Waals surface area contributed by atoms with Gasteiger partial charge in [-0.25, -0.2) is 19.6 Å². The molecule has 0 unspecified atom stereocenters. The van der Waals surface area contributed by atoms with Crippen LogP contribution in [0, 0.1) is 0 Å². The maximum absolute atomic E-state index is 13.5. The summed E-state index contributed by atoms with van der Waals surface area (Å²) < 4.78 is 1.39. The molecule has 1 saturated heterocycles. The van der Waals surface area contributed by atoms with E-state index in [4.69, 9.17) is 10.6 Å². The largest absolute Gasteiger partial charge is 0.504 e. The monoisotopic (exact) mass is 757 g/mol. The second kappa shape index (κ2) is 14.1. The smallest absolute Gasteiger partial charge is 0.352 e. The highest BCUT2D eigenvalue weighted by molar-refractivity contribution is 8.01. The molecule has 6 rings (SSSR count). The molecule has 8 N–H and O–H groups in total. The second-order valence-corrected chi connectivity index (χ2v) is 13.6. The molecule has 1 aromatic carbocycles. The van der Waals surface area contributed by atoms with E-state index in [0.717, 1.165) is 40.1 Å². The predicted octanol–water partition coefficient (Wildman–Crippen LogP) is 0.351. The lowest BCUT2D eigenvalue weighted by molar-refractivity contribution is -0.150. The molecule has 2 atom stereocenters. The van der Waals surface area contributed by atoms with Crippen molar-refractivity contribution < 1.29 is 54.3 Å². The number of rotatable bonds is 13. The van der Waals surface area contributed by atoms with Crippen molar-refractivity contribution in [3.63, 3.8) is 0 Å². The van der Waals surface area contributed by atoms with Crippen LogP contribution in [0.3, 0.4) is 0 Å². The molecule has 0 aliphatic carbocycles. The number of benzene rings is 1. The summed E-state index contributed by atoms with van der Waals surface area (Å²) in [5.41, 5.74) is 5.20. The van der Waals surface area contributed by atoms with Gasteiger partial charge in [-0.3, -0.25) is 19.3 Å². The van der Waals surface area contributed by atoms with Crippen molar-refractivity contribution in [1.29, 1.82) is 0 Å². The van der Waals surface area contributed by atoms with Crippen LogP contribution in [0.4, 0.5) is 5.13 Å². The van der Waals surface area contributed by atoms with Crippen molar-refractivity contribution in [3.8, 4) is 11.5 Å². The highest BCUT2D eigenvalue weighted by atomic mass is 32.2. The summed E-state index contributed by atoms with van der Waals surface area (Å²) >= 11 is 3.37. The Labute approximate surface area is 296 Å². The second-order valence-electron chi connectivity index (χ2n) is 10.6. The zero-order valence-corrected chi connectivity index (χ0v) is 27.9. The van der Waals surface area contributed by atoms with Crippen LogP contribution < -0.4 is 11.1 Å². The predicted molar refractivity (Wildman–Crippen MR) is 177 cm³/mol. The summed E-state index contributed by atoms with van der Waals surface area (Å²) in [5.74, 6) is -6.70. The van der Waals surface area contributed by atoms with E-state index in [1.165, 1.54) is 34.1 Å². The molecule has 4 aromatic rings. The van der Waals surface area contributed by atoms with Gasteiger partial charge >= 0.3 is 17.9 Å². The molecule has 3 aromatic heterocycles. The van der Waals surface area contributed by atoms with Gasteiger partial charge in [0, 0.05) is 16.9 Å². The molecule has 5 heterocycles. The van der Waals surface area contributed by atoms with Gasteiger partial charge < -0.3 is 41.4 Å². The number of nitrogens with two attached hydrogens (primary N) is 1. The number of phenols is 2. The Balaban J connectivity index is 1.18. The number of fused-ring (bicyclic) bond motifs is 2. The maximum Gasteiger partial charge on any atom is 0.352 e. The van der Waals surface area contributed by atoms with Crippen molar-refractivity contribution in [1.82, 2.24) is 34.8 Å². The van der Waals surface area contributed by atoms with E-state index in [0.29, 0.717) is 10.6 Å². The number of thioether (sulfide) groups is 2. The van der Waals surface area contributed by atoms with Crippen LogP contribution in [0.1, 0.15) is 27.3 Å². The number of nitrogens with zero attached hydrogens (tertiary/aromatic N) is 7. The van der Waals surface area contributed by atoms with Crippen molar-refractivity contribution in [2.24, 2.45) is 5.16 Å². The Kier molecular flexibility index (Phi) is 9.67. The van der Waals surface area contributed by atoms with Gasteiger partial charge in [-0.1, -0.05) is 5.16 Å². The van der Waals surface area contributed by atoms with Gasteiger partial charge in [-0.2, -0.15) is 14.6 Å². The van der Waals surface area contributed by atoms with Crippen LogP contribution in [0.15, 0.2) is 51.4 Å². The number of amides is 2. The number of β-lactam (4-membered cyclic amide) rings is 1. The van der Waals surface area contributed by atoms with E-state index in [1.54, 1.807) is 0 Å². The zero-order valence-electron chi connectivity index (χ0n) is 25.5. The fourth-order valence-electron chi connectivity index (χ4n) is 5.04. The number of aromatic nitrogens is 5. The first kappa shape index (κ1) is 34.9. The summed E-state index contributed by atoms with van der Waals surface area (Å²) in [5, 5.41) is 59.9. The first-order valence-electron chi connectivity index (χ1n) is 14.3. The van der Waals surface area contributed by atoms with Crippen LogP contribution in [-0.4, -0.2) is 113 Å². The summed E-state index contributed by atoms with van der Waals surface area (Å²) in [7, 11) is 0. The van der Waals surface area contributed by atoms with E-state index in [2.05, 4.69) is 30.5 Å². The van der Waals surface area contributed by atoms with Gasteiger partial charge in [0.2, 0.25) is 0 Å². The SMILES string of the molecule is Nc1nc(C(=NOCc2cc(O)c(O)c(C(=O)O)c2)C(=O)N[C@@H]2C(=O)N3C(C(=O)O)=C(CSc4cc(CC(=O)O)nc5ncnn45)CS[C@H]23)cs1. The Morgan fingerprint density at radius 3 is 2.59 bits per heavy atom. The number of carboxylic acid groups (broad SMARTS) is 3. The first-order valence-corrected chi connectivity index (χ1v) is 17.2. The third-order valence-electron chi connectivity index (χ3n) is 7.28. The number of carboxylic acids is 3. The minimum Gasteiger partial charge on any atom is -0.504 e. The molecule has 0 radical (unpaired) electrons. The number of thiazole rings is 1. The molecular formula is C28H23N9O11S3. The maximum atomic E-state index is 13.5. The highest BCUT2D eigenvalue weighted by Crippen LogP contribution is 2.42. The molecule has 2 aliphatic rings. The number of anilines is 1. The first-order chi connectivity index (χ1) is 24.3. The fraction of sp³-hybridized carbons (Fsp3) is 0.214. The summed E-state index contributed by atoms with van der Waals surface area (Å²) in [6.07, 6.45) is 0.884. The van der Waals surface area contributed by atoms with Gasteiger partial charge in [-0.15, -0.1) is 34.9 Å². The summed E-state index contributed by atoms with van der Waals surface area (Å²) in [6.45, 7) is -0.449. The number of aromatic carboxylic acids is 1. The molecule has 264 valence electrons. The molecule has 51 heavy (non-hydrogen) atoms. The topological polar surface area (TPSA) is 305 Å². The van der Waals surface area contributed by atoms with Gasteiger partial charge in [0.1, 0.15) is 46.3 Å². The molecule has 20 nitrogen and oxygen atoms in total. The van der Waals surface area contributed by atoms with Crippen LogP contribution in [0.25, 0.3) is 5.78 Å². The number of aliphatic carboxylic acids is 2. The number of hydrogen-bond acceptors (Lipinski definition) is 17. The van der Waals surface area contributed by atoms with Crippen molar-refractivity contribution in [3.05, 3.63) is 63.7 Å². The average molecular weight is 758 g/mol. The van der Waals surface area contributed by atoms with Crippen molar-refractivity contribution in [2.75, 3.05) is 17.2 Å².